The van der Waals surface area contributed by atoms with Crippen molar-refractivity contribution in [3.8, 4) is 0 Å². The van der Waals surface area contributed by atoms with Gasteiger partial charge in [0.15, 0.2) is 0 Å². The highest BCUT2D eigenvalue weighted by molar-refractivity contribution is 8.61. The van der Waals surface area contributed by atoms with Crippen LogP contribution in [0.15, 0.2) is 47.1 Å². The third kappa shape index (κ3) is 5.47. The largest absolute Gasteiger partial charge is 0.393 e. The Kier molecular flexibility index (Phi) is 7.72. The second-order valence-corrected chi connectivity index (χ2v) is 13.6. The molecule has 0 aromatic carbocycles. The Labute approximate surface area is 184 Å². The molecule has 5 unspecified atom stereocenters. The first-order valence-corrected chi connectivity index (χ1v) is 14.2. The van der Waals surface area contributed by atoms with Crippen molar-refractivity contribution in [2.45, 2.75) is 76.5 Å². The summed E-state index contributed by atoms with van der Waals surface area (Å²) in [5.41, 5.74) is 11.0. The van der Waals surface area contributed by atoms with Crippen LogP contribution >= 0.6 is 18.7 Å². The van der Waals surface area contributed by atoms with Gasteiger partial charge in [-0.3, -0.25) is 9.11 Å². The van der Waals surface area contributed by atoms with Gasteiger partial charge < -0.3 is 15.9 Å². The summed E-state index contributed by atoms with van der Waals surface area (Å²) < 4.78 is 19.2. The Hall–Kier alpha value is -0.460. The average Bonchev–Trinajstić information content (AvgIpc) is 3.00. The Morgan fingerprint density at radius 1 is 1.37 bits per heavy atom. The van der Waals surface area contributed by atoms with E-state index >= 15 is 0 Å². The number of hydrogen-bond acceptors (Lipinski definition) is 5. The molecule has 170 valence electrons. The van der Waals surface area contributed by atoms with Crippen molar-refractivity contribution in [1.82, 2.24) is 0 Å². The molecule has 3 aliphatic rings. The van der Waals surface area contributed by atoms with Gasteiger partial charge in [-0.1, -0.05) is 42.9 Å². The molecule has 3 aliphatic carbocycles. The van der Waals surface area contributed by atoms with Crippen LogP contribution < -0.4 is 5.73 Å². The van der Waals surface area contributed by atoms with Gasteiger partial charge in [0.25, 0.3) is 0 Å². The summed E-state index contributed by atoms with van der Waals surface area (Å²) in [6.45, 7) is 6.34. The van der Waals surface area contributed by atoms with E-state index < -0.39 is 22.4 Å². The first-order valence-electron chi connectivity index (χ1n) is 11.0. The lowest BCUT2D eigenvalue weighted by Gasteiger charge is -2.42. The normalized spacial score (nSPS) is 36.7. The van der Waals surface area contributed by atoms with Crippen LogP contribution in [0.25, 0.3) is 0 Å². The molecule has 0 amide bonds. The smallest absolute Gasteiger partial charge is 0.0811 e. The van der Waals surface area contributed by atoms with Crippen LogP contribution in [0.4, 0.5) is 0 Å². The van der Waals surface area contributed by atoms with Crippen molar-refractivity contribution in [2.24, 2.45) is 17.1 Å². The molecular formula is C23H38NO4PS. The number of aliphatic hydroxyl groups is 2. The number of aliphatic hydroxyl groups excluding tert-OH is 2. The summed E-state index contributed by atoms with van der Waals surface area (Å²) in [4.78, 5) is 0. The standard InChI is InChI=1S/C23H38NO4PS/c1-15-17(13-18(25)14-22(15)26)8-7-16-5-3-11-23(2)19(16)9-10-20(23)21(24)6-4-12-30(27,28)29/h7-8,10,18-19,21-22,25-28H,1,3-6,9,11-14,24,29H2,2H3/b16-7+,17-8-/t18?,19?,21-,22?,23?/m1/s1. The second kappa shape index (κ2) is 9.58. The van der Waals surface area contributed by atoms with E-state index in [2.05, 4.69) is 40.2 Å². The summed E-state index contributed by atoms with van der Waals surface area (Å²) in [5, 5.41) is 20.1. The maximum Gasteiger partial charge on any atom is 0.0811 e. The molecule has 3 rings (SSSR count). The first-order chi connectivity index (χ1) is 14.0. The molecule has 30 heavy (non-hydrogen) atoms. The number of fused-ring (bicyclic) bond motifs is 1. The molecule has 0 bridgehead atoms. The minimum Gasteiger partial charge on any atom is -0.393 e. The minimum atomic E-state index is -2.54. The quantitative estimate of drug-likeness (QED) is 0.295. The maximum absolute atomic E-state index is 10.1. The Balaban J connectivity index is 1.71. The zero-order chi connectivity index (χ0) is 22.1. The van der Waals surface area contributed by atoms with Gasteiger partial charge >= 0.3 is 0 Å². The molecule has 2 fully saturated rings. The molecule has 5 nitrogen and oxygen atoms in total. The molecule has 0 aliphatic heterocycles. The van der Waals surface area contributed by atoms with Gasteiger partial charge in [-0.05, 0) is 75.9 Å². The highest BCUT2D eigenvalue weighted by Gasteiger charge is 2.46. The fourth-order valence-corrected chi connectivity index (χ4v) is 6.65. The fraction of sp³-hybridized carbons (Fsp3) is 0.652. The molecule has 0 aromatic rings. The van der Waals surface area contributed by atoms with E-state index in [0.717, 1.165) is 43.3 Å². The van der Waals surface area contributed by atoms with Crippen LogP contribution in [-0.4, -0.2) is 43.3 Å². The van der Waals surface area contributed by atoms with Crippen molar-refractivity contribution in [3.05, 3.63) is 47.1 Å². The van der Waals surface area contributed by atoms with Crippen molar-refractivity contribution < 1.29 is 19.3 Å². The SMILES string of the molecule is C=C1/C(=C\C=C2/CCCC3(C)C([C@H](N)CCCS(O)(O)P)=CCC23)CC(O)CC1O. The van der Waals surface area contributed by atoms with Gasteiger partial charge in [0.1, 0.15) is 0 Å². The van der Waals surface area contributed by atoms with E-state index in [1.54, 1.807) is 0 Å². The zero-order valence-electron chi connectivity index (χ0n) is 18.0. The summed E-state index contributed by atoms with van der Waals surface area (Å²) in [5.74, 6) is 0.803. The highest BCUT2D eigenvalue weighted by atomic mass is 32.8. The van der Waals surface area contributed by atoms with Gasteiger partial charge in [0, 0.05) is 18.2 Å². The van der Waals surface area contributed by atoms with Crippen LogP contribution in [-0.2, 0) is 0 Å². The molecular weight excluding hydrogens is 417 g/mol. The van der Waals surface area contributed by atoms with Gasteiger partial charge in [-0.15, -0.1) is 0 Å². The van der Waals surface area contributed by atoms with Crippen LogP contribution in [0.5, 0.6) is 0 Å². The average molecular weight is 456 g/mol. The Bertz CT molecular complexity index is 757. The van der Waals surface area contributed by atoms with E-state index in [1.165, 1.54) is 11.1 Å². The first kappa shape index (κ1) is 24.2. The van der Waals surface area contributed by atoms with Crippen molar-refractivity contribution in [1.29, 1.82) is 0 Å². The van der Waals surface area contributed by atoms with E-state index in [1.807, 2.05) is 0 Å². The van der Waals surface area contributed by atoms with Crippen LogP contribution in [0, 0.1) is 11.3 Å². The van der Waals surface area contributed by atoms with Crippen molar-refractivity contribution in [2.75, 3.05) is 5.75 Å². The molecule has 6 atom stereocenters. The summed E-state index contributed by atoms with van der Waals surface area (Å²) in [7, 11) is -0.402. The third-order valence-corrected chi connectivity index (χ3v) is 8.83. The van der Waals surface area contributed by atoms with Gasteiger partial charge in [-0.25, -0.2) is 0 Å². The molecule has 0 heterocycles. The predicted molar refractivity (Wildman–Crippen MR) is 129 cm³/mol. The monoisotopic (exact) mass is 455 g/mol. The minimum absolute atomic E-state index is 0.0483. The van der Waals surface area contributed by atoms with Crippen LogP contribution in [0.1, 0.15) is 58.3 Å². The van der Waals surface area contributed by atoms with Crippen LogP contribution in [0.3, 0.4) is 0 Å². The van der Waals surface area contributed by atoms with Crippen molar-refractivity contribution in [3.63, 3.8) is 0 Å². The van der Waals surface area contributed by atoms with Gasteiger partial charge in [0.05, 0.1) is 12.2 Å². The van der Waals surface area contributed by atoms with E-state index in [-0.39, 0.29) is 11.5 Å². The lowest BCUT2D eigenvalue weighted by Crippen LogP contribution is -2.37. The summed E-state index contributed by atoms with van der Waals surface area (Å²) in [6, 6.07) is -0.0483. The molecule has 0 radical (unpaired) electrons. The van der Waals surface area contributed by atoms with Crippen LogP contribution in [0.2, 0.25) is 0 Å². The number of allylic oxidation sites excluding steroid dienone is 4. The van der Waals surface area contributed by atoms with E-state index in [4.69, 9.17) is 5.73 Å². The molecule has 0 saturated heterocycles. The van der Waals surface area contributed by atoms with Gasteiger partial charge in [0.2, 0.25) is 0 Å². The molecule has 0 spiro atoms. The zero-order valence-corrected chi connectivity index (χ0v) is 19.9. The van der Waals surface area contributed by atoms with Gasteiger partial charge in [-0.2, -0.15) is 10.2 Å². The molecule has 6 N–H and O–H groups in total. The predicted octanol–water partition coefficient (Wildman–Crippen LogP) is 4.70. The molecule has 7 heteroatoms. The number of hydrogen-bond donors (Lipinski definition) is 5. The summed E-state index contributed by atoms with van der Waals surface area (Å²) in [6.07, 6.45) is 12.0. The summed E-state index contributed by atoms with van der Waals surface area (Å²) >= 11 is 0. The number of nitrogens with two attached hydrogens (primary N) is 1. The fourth-order valence-electron chi connectivity index (χ4n) is 5.56. The third-order valence-electron chi connectivity index (χ3n) is 7.23. The second-order valence-electron chi connectivity index (χ2n) is 9.46. The lowest BCUT2D eigenvalue weighted by atomic mass is 9.63. The highest BCUT2D eigenvalue weighted by Crippen LogP contribution is 2.56. The van der Waals surface area contributed by atoms with Crippen molar-refractivity contribution >= 4 is 18.7 Å². The Morgan fingerprint density at radius 3 is 2.80 bits per heavy atom. The molecule has 0 aromatic heterocycles. The van der Waals surface area contributed by atoms with E-state index in [9.17, 15) is 19.3 Å². The topological polar surface area (TPSA) is 107 Å². The Morgan fingerprint density at radius 2 is 2.10 bits per heavy atom. The number of rotatable bonds is 6. The molecule has 2 saturated carbocycles. The lowest BCUT2D eigenvalue weighted by molar-refractivity contribution is 0.0862. The van der Waals surface area contributed by atoms with E-state index in [0.29, 0.717) is 30.9 Å². The maximum atomic E-state index is 10.1.